The van der Waals surface area contributed by atoms with E-state index in [4.69, 9.17) is 4.74 Å². The summed E-state index contributed by atoms with van der Waals surface area (Å²) in [5.41, 5.74) is -0.917. The minimum Gasteiger partial charge on any atom is -0.492 e. The number of ether oxygens (including phenoxy) is 1. The molecular weight excluding hydrogens is 401 g/mol. The van der Waals surface area contributed by atoms with Crippen LogP contribution < -0.4 is 15.6 Å². The Balaban J connectivity index is 1.59. The number of aromatic amines is 1. The number of carbonyl (C=O) groups is 2. The Labute approximate surface area is 170 Å². The third kappa shape index (κ3) is 4.90. The van der Waals surface area contributed by atoms with Crippen LogP contribution in [0.4, 0.5) is 13.2 Å². The van der Waals surface area contributed by atoms with E-state index in [1.807, 2.05) is 13.8 Å². The molecule has 0 saturated heterocycles. The number of benzene rings is 1. The summed E-state index contributed by atoms with van der Waals surface area (Å²) >= 11 is 0. The molecule has 3 rings (SSSR count). The molecule has 1 aromatic heterocycles. The Hall–Kier alpha value is -3.10. The predicted molar refractivity (Wildman–Crippen MR) is 103 cm³/mol. The first kappa shape index (κ1) is 21.6. The lowest BCUT2D eigenvalue weighted by Crippen LogP contribution is -2.35. The molecule has 160 valence electrons. The second kappa shape index (κ2) is 7.97. The summed E-state index contributed by atoms with van der Waals surface area (Å²) in [5, 5.41) is 2.51. The molecule has 1 aliphatic rings. The summed E-state index contributed by atoms with van der Waals surface area (Å²) in [5.74, 6) is -0.568. The first-order chi connectivity index (χ1) is 14.0. The Morgan fingerprint density at radius 1 is 1.17 bits per heavy atom. The lowest BCUT2D eigenvalue weighted by molar-refractivity contribution is -0.137. The zero-order valence-electron chi connectivity index (χ0n) is 16.5. The average molecular weight is 422 g/mol. The Morgan fingerprint density at radius 2 is 1.83 bits per heavy atom. The number of ketones is 1. The van der Waals surface area contributed by atoms with Gasteiger partial charge >= 0.3 is 6.18 Å². The summed E-state index contributed by atoms with van der Waals surface area (Å²) in [4.78, 5) is 39.6. The zero-order chi connectivity index (χ0) is 22.1. The number of hydrogen-bond acceptors (Lipinski definition) is 4. The van der Waals surface area contributed by atoms with Crippen LogP contribution in [0.5, 0.6) is 5.75 Å². The highest BCUT2D eigenvalue weighted by atomic mass is 19.4. The molecule has 30 heavy (non-hydrogen) atoms. The van der Waals surface area contributed by atoms with Crippen LogP contribution in [0.1, 0.15) is 52.2 Å². The second-order valence-electron chi connectivity index (χ2n) is 7.97. The van der Waals surface area contributed by atoms with Gasteiger partial charge in [-0.25, -0.2) is 0 Å². The molecule has 0 saturated carbocycles. The minimum absolute atomic E-state index is 0.00688. The molecule has 6 nitrogen and oxygen atoms in total. The number of alkyl halides is 3. The maximum absolute atomic E-state index is 12.5. The van der Waals surface area contributed by atoms with E-state index in [9.17, 15) is 27.6 Å². The first-order valence-electron chi connectivity index (χ1n) is 9.34. The van der Waals surface area contributed by atoms with Gasteiger partial charge < -0.3 is 15.0 Å². The van der Waals surface area contributed by atoms with Crippen molar-refractivity contribution in [3.63, 3.8) is 0 Å². The van der Waals surface area contributed by atoms with Crippen LogP contribution in [-0.4, -0.2) is 29.8 Å². The average Bonchev–Trinajstić information content (AvgIpc) is 2.63. The fourth-order valence-corrected chi connectivity index (χ4v) is 3.37. The van der Waals surface area contributed by atoms with Crippen molar-refractivity contribution in [1.29, 1.82) is 0 Å². The monoisotopic (exact) mass is 422 g/mol. The highest BCUT2D eigenvalue weighted by Crippen LogP contribution is 2.33. The molecule has 1 heterocycles. The molecule has 0 unspecified atom stereocenters. The summed E-state index contributed by atoms with van der Waals surface area (Å²) in [6.07, 6.45) is -3.56. The van der Waals surface area contributed by atoms with Crippen LogP contribution in [0.3, 0.4) is 0 Å². The van der Waals surface area contributed by atoms with E-state index >= 15 is 0 Å². The smallest absolute Gasteiger partial charge is 0.416 e. The summed E-state index contributed by atoms with van der Waals surface area (Å²) in [6.45, 7) is 3.89. The van der Waals surface area contributed by atoms with Gasteiger partial charge in [-0.2, -0.15) is 13.2 Å². The lowest BCUT2D eigenvalue weighted by Gasteiger charge is -2.29. The van der Waals surface area contributed by atoms with Gasteiger partial charge in [0.05, 0.1) is 12.1 Å². The van der Waals surface area contributed by atoms with E-state index in [-0.39, 0.29) is 35.7 Å². The van der Waals surface area contributed by atoms with Gasteiger partial charge in [-0.3, -0.25) is 14.4 Å². The van der Waals surface area contributed by atoms with E-state index in [1.54, 1.807) is 0 Å². The number of pyridine rings is 1. The summed E-state index contributed by atoms with van der Waals surface area (Å²) < 4.78 is 42.9. The molecule has 1 aliphatic carbocycles. The van der Waals surface area contributed by atoms with Gasteiger partial charge in [-0.1, -0.05) is 13.8 Å². The van der Waals surface area contributed by atoms with Crippen LogP contribution in [0, 0.1) is 5.41 Å². The van der Waals surface area contributed by atoms with Crippen molar-refractivity contribution in [2.75, 3.05) is 13.2 Å². The van der Waals surface area contributed by atoms with E-state index in [2.05, 4.69) is 10.3 Å². The molecule has 0 spiro atoms. The van der Waals surface area contributed by atoms with Gasteiger partial charge in [-0.05, 0) is 42.2 Å². The van der Waals surface area contributed by atoms with Crippen LogP contribution in [0.25, 0.3) is 0 Å². The van der Waals surface area contributed by atoms with Crippen molar-refractivity contribution in [2.45, 2.75) is 32.9 Å². The molecule has 0 radical (unpaired) electrons. The van der Waals surface area contributed by atoms with E-state index in [0.29, 0.717) is 24.1 Å². The van der Waals surface area contributed by atoms with Gasteiger partial charge in [0.1, 0.15) is 17.9 Å². The minimum atomic E-state index is -4.43. The normalized spacial score (nSPS) is 15.4. The maximum Gasteiger partial charge on any atom is 0.416 e. The Bertz CT molecular complexity index is 1020. The van der Waals surface area contributed by atoms with E-state index in [0.717, 1.165) is 12.1 Å². The summed E-state index contributed by atoms with van der Waals surface area (Å²) in [6, 6.07) is 5.49. The molecule has 0 atom stereocenters. The molecule has 1 amide bonds. The van der Waals surface area contributed by atoms with Crippen molar-refractivity contribution in [3.8, 4) is 5.75 Å². The largest absolute Gasteiger partial charge is 0.492 e. The fraction of sp³-hybridized carbons (Fsp3) is 0.381. The quantitative estimate of drug-likeness (QED) is 0.724. The molecule has 2 N–H and O–H groups in total. The summed E-state index contributed by atoms with van der Waals surface area (Å²) in [7, 11) is 0. The van der Waals surface area contributed by atoms with Crippen LogP contribution in [0.2, 0.25) is 0 Å². The highest BCUT2D eigenvalue weighted by Gasteiger charge is 2.33. The van der Waals surface area contributed by atoms with Crippen molar-refractivity contribution < 1.29 is 27.5 Å². The van der Waals surface area contributed by atoms with Crippen molar-refractivity contribution >= 4 is 11.7 Å². The first-order valence-corrected chi connectivity index (χ1v) is 9.34. The number of Topliss-reactive ketones (excluding diaryl/α,β-unsaturated/α-hetero) is 1. The third-order valence-corrected chi connectivity index (χ3v) is 4.80. The topological polar surface area (TPSA) is 88.3 Å². The Kier molecular flexibility index (Phi) is 5.74. The number of rotatable bonds is 5. The number of carbonyl (C=O) groups excluding carboxylic acids is 2. The van der Waals surface area contributed by atoms with Gasteiger partial charge in [-0.15, -0.1) is 0 Å². The van der Waals surface area contributed by atoms with Crippen molar-refractivity contribution in [1.82, 2.24) is 10.3 Å². The number of halogens is 3. The van der Waals surface area contributed by atoms with E-state index < -0.39 is 23.2 Å². The standard InChI is InChI=1S/C21H21F3N2O4/c1-20(2)10-16-14(17(27)11-20)9-15(19(29)26-16)18(28)25-7-8-30-13-5-3-12(4-6-13)21(22,23)24/h3-6,9H,7-8,10-11H2,1-2H3,(H,25,28)(H,26,29). The van der Waals surface area contributed by atoms with Gasteiger partial charge in [0.15, 0.2) is 5.78 Å². The van der Waals surface area contributed by atoms with Crippen LogP contribution >= 0.6 is 0 Å². The second-order valence-corrected chi connectivity index (χ2v) is 7.97. The number of fused-ring (bicyclic) bond motifs is 1. The zero-order valence-corrected chi connectivity index (χ0v) is 16.5. The fourth-order valence-electron chi connectivity index (χ4n) is 3.37. The SMILES string of the molecule is CC1(C)CC(=O)c2cc(C(=O)NCCOc3ccc(C(F)(F)F)cc3)c(=O)[nH]c2C1. The van der Waals surface area contributed by atoms with Gasteiger partial charge in [0.25, 0.3) is 11.5 Å². The van der Waals surface area contributed by atoms with Gasteiger partial charge in [0, 0.05) is 17.7 Å². The number of hydrogen-bond donors (Lipinski definition) is 2. The molecule has 2 aromatic rings. The van der Waals surface area contributed by atoms with Crippen LogP contribution in [-0.2, 0) is 12.6 Å². The molecular formula is C21H21F3N2O4. The number of aromatic nitrogens is 1. The molecule has 0 fully saturated rings. The third-order valence-electron chi connectivity index (χ3n) is 4.80. The van der Waals surface area contributed by atoms with E-state index in [1.165, 1.54) is 18.2 Å². The number of H-pyrrole nitrogens is 1. The maximum atomic E-state index is 12.5. The highest BCUT2D eigenvalue weighted by molar-refractivity contribution is 6.02. The molecule has 0 aliphatic heterocycles. The molecule has 9 heteroatoms. The molecule has 0 bridgehead atoms. The van der Waals surface area contributed by atoms with Crippen molar-refractivity contribution in [2.24, 2.45) is 5.41 Å². The van der Waals surface area contributed by atoms with Crippen LogP contribution in [0.15, 0.2) is 35.1 Å². The Morgan fingerprint density at radius 3 is 2.47 bits per heavy atom. The van der Waals surface area contributed by atoms with Gasteiger partial charge in [0.2, 0.25) is 0 Å². The number of amides is 1. The lowest BCUT2D eigenvalue weighted by atomic mass is 9.75. The number of nitrogens with one attached hydrogen (secondary N) is 2. The molecule has 1 aromatic carbocycles. The predicted octanol–water partition coefficient (Wildman–Crippen LogP) is 3.36. The van der Waals surface area contributed by atoms with Crippen molar-refractivity contribution in [3.05, 3.63) is 63.1 Å².